The molecular weight excluding hydrogens is 284 g/mol. The predicted octanol–water partition coefficient (Wildman–Crippen LogP) is 1.42. The van der Waals surface area contributed by atoms with Crippen molar-refractivity contribution in [3.63, 3.8) is 0 Å². The first-order valence-corrected chi connectivity index (χ1v) is 6.46. The van der Waals surface area contributed by atoms with Gasteiger partial charge in [0.1, 0.15) is 4.47 Å². The number of hydrogen-bond acceptors (Lipinski definition) is 4. The van der Waals surface area contributed by atoms with Gasteiger partial charge in [0.05, 0.1) is 11.9 Å². The molecule has 0 radical (unpaired) electrons. The van der Waals surface area contributed by atoms with Gasteiger partial charge in [-0.2, -0.15) is 5.10 Å². The Balaban J connectivity index is 2.90. The first kappa shape index (κ1) is 14.2. The molecule has 1 aromatic rings. The molecular formula is C11H19BrN4O. The number of nitrogens with zero attached hydrogens (tertiary/aromatic N) is 2. The van der Waals surface area contributed by atoms with Gasteiger partial charge in [-0.05, 0) is 28.8 Å². The van der Waals surface area contributed by atoms with Crippen LogP contribution in [-0.4, -0.2) is 22.4 Å². The third kappa shape index (κ3) is 4.12. The lowest BCUT2D eigenvalue weighted by molar-refractivity contribution is 0.462. The Morgan fingerprint density at radius 2 is 2.18 bits per heavy atom. The van der Waals surface area contributed by atoms with Crippen molar-refractivity contribution < 1.29 is 0 Å². The largest absolute Gasteiger partial charge is 0.381 e. The van der Waals surface area contributed by atoms with E-state index in [1.54, 1.807) is 6.20 Å². The molecule has 0 spiro atoms. The number of aromatic nitrogens is 2. The van der Waals surface area contributed by atoms with Crippen molar-refractivity contribution in [2.24, 2.45) is 11.7 Å². The van der Waals surface area contributed by atoms with Crippen LogP contribution >= 0.6 is 15.9 Å². The van der Waals surface area contributed by atoms with E-state index in [0.717, 1.165) is 0 Å². The highest BCUT2D eigenvalue weighted by Gasteiger charge is 2.09. The number of rotatable bonds is 5. The van der Waals surface area contributed by atoms with E-state index in [2.05, 4.69) is 26.3 Å². The van der Waals surface area contributed by atoms with Crippen molar-refractivity contribution in [1.82, 2.24) is 9.78 Å². The van der Waals surface area contributed by atoms with Crippen molar-refractivity contribution in [3.8, 4) is 0 Å². The van der Waals surface area contributed by atoms with Gasteiger partial charge in [-0.15, -0.1) is 0 Å². The van der Waals surface area contributed by atoms with Crippen LogP contribution < -0.4 is 16.6 Å². The summed E-state index contributed by atoms with van der Waals surface area (Å²) in [5.41, 5.74) is 6.21. The molecule has 3 N–H and O–H groups in total. The second kappa shape index (κ2) is 6.16. The molecule has 1 rings (SSSR count). The Labute approximate surface area is 110 Å². The summed E-state index contributed by atoms with van der Waals surface area (Å²) in [7, 11) is 0. The molecule has 0 aliphatic heterocycles. The lowest BCUT2D eigenvalue weighted by Crippen LogP contribution is -2.29. The molecule has 0 saturated carbocycles. The van der Waals surface area contributed by atoms with E-state index in [9.17, 15) is 4.79 Å². The highest BCUT2D eigenvalue weighted by molar-refractivity contribution is 9.10. The van der Waals surface area contributed by atoms with Gasteiger partial charge in [-0.3, -0.25) is 4.79 Å². The zero-order valence-electron chi connectivity index (χ0n) is 10.4. The van der Waals surface area contributed by atoms with Crippen LogP contribution in [0.5, 0.6) is 0 Å². The third-order valence-electron chi connectivity index (χ3n) is 2.14. The molecule has 6 heteroatoms. The monoisotopic (exact) mass is 302 g/mol. The molecule has 1 atom stereocenters. The Hall–Kier alpha value is -0.880. The summed E-state index contributed by atoms with van der Waals surface area (Å²) >= 11 is 3.29. The quantitative estimate of drug-likeness (QED) is 0.863. The van der Waals surface area contributed by atoms with Crippen LogP contribution in [0.1, 0.15) is 20.8 Å². The predicted molar refractivity (Wildman–Crippen MR) is 73.2 cm³/mol. The van der Waals surface area contributed by atoms with Crippen LogP contribution in [0, 0.1) is 5.92 Å². The van der Waals surface area contributed by atoms with Gasteiger partial charge in [0.25, 0.3) is 5.56 Å². The minimum absolute atomic E-state index is 0.0278. The number of anilines is 1. The smallest absolute Gasteiger partial charge is 0.283 e. The fourth-order valence-corrected chi connectivity index (χ4v) is 1.78. The van der Waals surface area contributed by atoms with Crippen LogP contribution in [-0.2, 0) is 6.54 Å². The van der Waals surface area contributed by atoms with Gasteiger partial charge in [0.15, 0.2) is 0 Å². The van der Waals surface area contributed by atoms with Crippen molar-refractivity contribution in [2.75, 3.05) is 11.9 Å². The lowest BCUT2D eigenvalue weighted by Gasteiger charge is -2.12. The average molecular weight is 303 g/mol. The number of halogens is 1. The zero-order valence-corrected chi connectivity index (χ0v) is 12.0. The maximum Gasteiger partial charge on any atom is 0.283 e. The van der Waals surface area contributed by atoms with E-state index in [1.807, 2.05) is 20.8 Å². The average Bonchev–Trinajstić information content (AvgIpc) is 2.23. The molecule has 0 fully saturated rings. The van der Waals surface area contributed by atoms with Gasteiger partial charge >= 0.3 is 0 Å². The van der Waals surface area contributed by atoms with Gasteiger partial charge in [-0.1, -0.05) is 13.8 Å². The summed E-state index contributed by atoms with van der Waals surface area (Å²) in [4.78, 5) is 12.0. The van der Waals surface area contributed by atoms with E-state index in [-0.39, 0.29) is 11.6 Å². The Morgan fingerprint density at radius 3 is 2.71 bits per heavy atom. The molecule has 0 aliphatic carbocycles. The maximum atomic E-state index is 12.0. The molecule has 96 valence electrons. The SMILES string of the molecule is CC(C)Cn1ncc(NCC(C)N)c(Br)c1=O. The van der Waals surface area contributed by atoms with E-state index in [1.165, 1.54) is 4.68 Å². The Bertz CT molecular complexity index is 428. The normalized spacial score (nSPS) is 12.8. The lowest BCUT2D eigenvalue weighted by atomic mass is 10.2. The van der Waals surface area contributed by atoms with Gasteiger partial charge < -0.3 is 11.1 Å². The van der Waals surface area contributed by atoms with Gasteiger partial charge in [0, 0.05) is 19.1 Å². The molecule has 5 nitrogen and oxygen atoms in total. The summed E-state index contributed by atoms with van der Waals surface area (Å²) in [5, 5.41) is 7.21. The molecule has 1 unspecified atom stereocenters. The topological polar surface area (TPSA) is 72.9 Å². The van der Waals surface area contributed by atoms with Crippen LogP contribution in [0.4, 0.5) is 5.69 Å². The number of hydrogen-bond donors (Lipinski definition) is 2. The molecule has 1 aromatic heterocycles. The molecule has 0 saturated heterocycles. The van der Waals surface area contributed by atoms with Crippen LogP contribution in [0.15, 0.2) is 15.5 Å². The Morgan fingerprint density at radius 1 is 1.53 bits per heavy atom. The second-order valence-electron chi connectivity index (χ2n) is 4.61. The maximum absolute atomic E-state index is 12.0. The fourth-order valence-electron chi connectivity index (χ4n) is 1.34. The van der Waals surface area contributed by atoms with Crippen molar-refractivity contribution in [1.29, 1.82) is 0 Å². The number of nitrogens with two attached hydrogens (primary N) is 1. The number of nitrogens with one attached hydrogen (secondary N) is 1. The summed E-state index contributed by atoms with van der Waals surface area (Å²) < 4.78 is 1.97. The third-order valence-corrected chi connectivity index (χ3v) is 2.90. The summed E-state index contributed by atoms with van der Waals surface area (Å²) in [6.45, 7) is 7.21. The Kier molecular flexibility index (Phi) is 5.14. The highest BCUT2D eigenvalue weighted by Crippen LogP contribution is 2.16. The molecule has 17 heavy (non-hydrogen) atoms. The first-order chi connectivity index (χ1) is 7.91. The van der Waals surface area contributed by atoms with Crippen LogP contribution in [0.2, 0.25) is 0 Å². The first-order valence-electron chi connectivity index (χ1n) is 5.67. The van der Waals surface area contributed by atoms with Crippen LogP contribution in [0.25, 0.3) is 0 Å². The summed E-state index contributed by atoms with van der Waals surface area (Å²) in [6, 6.07) is 0.0278. The summed E-state index contributed by atoms with van der Waals surface area (Å²) in [5.74, 6) is 0.384. The van der Waals surface area contributed by atoms with E-state index < -0.39 is 0 Å². The molecule has 1 heterocycles. The second-order valence-corrected chi connectivity index (χ2v) is 5.40. The highest BCUT2D eigenvalue weighted by atomic mass is 79.9. The minimum Gasteiger partial charge on any atom is -0.381 e. The molecule has 0 bridgehead atoms. The van der Waals surface area contributed by atoms with Crippen molar-refractivity contribution in [2.45, 2.75) is 33.4 Å². The van der Waals surface area contributed by atoms with E-state index in [0.29, 0.717) is 29.2 Å². The molecule has 0 amide bonds. The summed E-state index contributed by atoms with van der Waals surface area (Å²) in [6.07, 6.45) is 1.65. The van der Waals surface area contributed by atoms with Crippen molar-refractivity contribution in [3.05, 3.63) is 21.0 Å². The van der Waals surface area contributed by atoms with Crippen LogP contribution in [0.3, 0.4) is 0 Å². The fraction of sp³-hybridized carbons (Fsp3) is 0.636. The van der Waals surface area contributed by atoms with Gasteiger partial charge in [0.2, 0.25) is 0 Å². The standard InChI is InChI=1S/C11H19BrN4O/c1-7(2)6-16-11(17)10(12)9(5-15-16)14-4-8(3)13/h5,7-8,14H,4,6,13H2,1-3H3. The molecule has 0 aromatic carbocycles. The van der Waals surface area contributed by atoms with E-state index >= 15 is 0 Å². The zero-order chi connectivity index (χ0) is 13.0. The minimum atomic E-state index is -0.117. The van der Waals surface area contributed by atoms with E-state index in [4.69, 9.17) is 5.73 Å². The van der Waals surface area contributed by atoms with Gasteiger partial charge in [-0.25, -0.2) is 4.68 Å². The molecule has 0 aliphatic rings. The van der Waals surface area contributed by atoms with Crippen molar-refractivity contribution >= 4 is 21.6 Å².